The highest BCUT2D eigenvalue weighted by molar-refractivity contribution is 5.73. The molecule has 134 valence electrons. The average Bonchev–Trinajstić information content (AvgIpc) is 3.14. The summed E-state index contributed by atoms with van der Waals surface area (Å²) in [5, 5.41) is 13.5. The van der Waals surface area contributed by atoms with Crippen molar-refractivity contribution in [3.8, 4) is 11.5 Å². The summed E-state index contributed by atoms with van der Waals surface area (Å²) in [6.45, 7) is 3.43. The average molecular weight is 351 g/mol. The van der Waals surface area contributed by atoms with Gasteiger partial charge in [-0.15, -0.1) is 10.2 Å². The Morgan fingerprint density at radius 3 is 2.58 bits per heavy atom. The van der Waals surface area contributed by atoms with Crippen molar-refractivity contribution in [2.45, 2.75) is 26.6 Å². The zero-order valence-electron chi connectivity index (χ0n) is 14.6. The number of urea groups is 1. The van der Waals surface area contributed by atoms with Crippen molar-refractivity contribution in [2.24, 2.45) is 0 Å². The standard InChI is InChI=1S/C19H21N5O2/c1-2-24-14-22-23-18(24)13-21-19(25)20-12-15-8-6-7-11-17(15)26-16-9-4-3-5-10-16/h3-11,14H,2,12-13H2,1H3,(H2,20,21,25). The van der Waals surface area contributed by atoms with E-state index in [9.17, 15) is 4.79 Å². The van der Waals surface area contributed by atoms with Gasteiger partial charge in [-0.1, -0.05) is 36.4 Å². The Morgan fingerprint density at radius 2 is 1.77 bits per heavy atom. The fourth-order valence-corrected chi connectivity index (χ4v) is 2.44. The third kappa shape index (κ3) is 4.60. The second-order valence-electron chi connectivity index (χ2n) is 5.59. The van der Waals surface area contributed by atoms with Gasteiger partial charge in [0.15, 0.2) is 5.82 Å². The molecule has 0 aliphatic carbocycles. The Kier molecular flexibility index (Phi) is 5.82. The van der Waals surface area contributed by atoms with Gasteiger partial charge in [0, 0.05) is 18.7 Å². The van der Waals surface area contributed by atoms with Crippen LogP contribution in [0.4, 0.5) is 4.79 Å². The molecule has 0 unspecified atom stereocenters. The normalized spacial score (nSPS) is 10.3. The molecule has 7 heteroatoms. The van der Waals surface area contributed by atoms with Crippen LogP contribution in [-0.2, 0) is 19.6 Å². The number of amides is 2. The lowest BCUT2D eigenvalue weighted by molar-refractivity contribution is 0.239. The smallest absolute Gasteiger partial charge is 0.315 e. The number of aromatic nitrogens is 3. The number of nitrogens with one attached hydrogen (secondary N) is 2. The van der Waals surface area contributed by atoms with Crippen LogP contribution in [0.15, 0.2) is 60.9 Å². The van der Waals surface area contributed by atoms with E-state index in [4.69, 9.17) is 4.74 Å². The van der Waals surface area contributed by atoms with Gasteiger partial charge in [0.2, 0.25) is 0 Å². The Hall–Kier alpha value is -3.35. The van der Waals surface area contributed by atoms with Crippen molar-refractivity contribution < 1.29 is 9.53 Å². The van der Waals surface area contributed by atoms with Gasteiger partial charge in [-0.3, -0.25) is 0 Å². The molecule has 26 heavy (non-hydrogen) atoms. The van der Waals surface area contributed by atoms with Gasteiger partial charge < -0.3 is 19.9 Å². The fraction of sp³-hybridized carbons (Fsp3) is 0.211. The van der Waals surface area contributed by atoms with Crippen molar-refractivity contribution >= 4 is 6.03 Å². The predicted octanol–water partition coefficient (Wildman–Crippen LogP) is 3.09. The van der Waals surface area contributed by atoms with Crippen LogP contribution in [0.3, 0.4) is 0 Å². The number of hydrogen-bond donors (Lipinski definition) is 2. The molecule has 0 bridgehead atoms. The molecule has 0 radical (unpaired) electrons. The molecule has 0 saturated carbocycles. The summed E-state index contributed by atoms with van der Waals surface area (Å²) in [5.74, 6) is 2.18. The minimum absolute atomic E-state index is 0.273. The second-order valence-corrected chi connectivity index (χ2v) is 5.59. The van der Waals surface area contributed by atoms with E-state index in [1.807, 2.05) is 66.1 Å². The fourth-order valence-electron chi connectivity index (χ4n) is 2.44. The number of carbonyl (C=O) groups excluding carboxylic acids is 1. The quantitative estimate of drug-likeness (QED) is 0.685. The summed E-state index contributed by atoms with van der Waals surface area (Å²) < 4.78 is 7.78. The van der Waals surface area contributed by atoms with Crippen molar-refractivity contribution in [1.82, 2.24) is 25.4 Å². The van der Waals surface area contributed by atoms with Crippen LogP contribution < -0.4 is 15.4 Å². The SMILES string of the molecule is CCn1cnnc1CNC(=O)NCc1ccccc1Oc1ccccc1. The maximum Gasteiger partial charge on any atom is 0.315 e. The molecule has 0 saturated heterocycles. The van der Waals surface area contributed by atoms with Crippen LogP contribution in [0.25, 0.3) is 0 Å². The molecule has 2 N–H and O–H groups in total. The van der Waals surface area contributed by atoms with Crippen LogP contribution in [0.5, 0.6) is 11.5 Å². The first kappa shape index (κ1) is 17.5. The number of ether oxygens (including phenoxy) is 1. The maximum absolute atomic E-state index is 12.1. The van der Waals surface area contributed by atoms with E-state index in [1.165, 1.54) is 0 Å². The minimum atomic E-state index is -0.273. The van der Waals surface area contributed by atoms with Gasteiger partial charge in [0.25, 0.3) is 0 Å². The molecular formula is C19H21N5O2. The largest absolute Gasteiger partial charge is 0.457 e. The van der Waals surface area contributed by atoms with Gasteiger partial charge in [0.1, 0.15) is 17.8 Å². The van der Waals surface area contributed by atoms with E-state index in [1.54, 1.807) is 6.33 Å². The van der Waals surface area contributed by atoms with Crippen LogP contribution in [0, 0.1) is 0 Å². The van der Waals surface area contributed by atoms with E-state index < -0.39 is 0 Å². The molecule has 2 aromatic carbocycles. The number of benzene rings is 2. The van der Waals surface area contributed by atoms with Crippen molar-refractivity contribution in [3.63, 3.8) is 0 Å². The Morgan fingerprint density at radius 1 is 1.04 bits per heavy atom. The monoisotopic (exact) mass is 351 g/mol. The molecule has 0 aliphatic rings. The molecule has 1 heterocycles. The Labute approximate surface area is 152 Å². The summed E-state index contributed by atoms with van der Waals surface area (Å²) in [6.07, 6.45) is 1.64. The molecule has 0 spiro atoms. The molecule has 3 rings (SSSR count). The lowest BCUT2D eigenvalue weighted by Crippen LogP contribution is -2.35. The Balaban J connectivity index is 1.55. The topological polar surface area (TPSA) is 81.1 Å². The molecule has 2 amide bonds. The number of aryl methyl sites for hydroxylation is 1. The summed E-state index contributed by atoms with van der Waals surface area (Å²) in [6, 6.07) is 16.9. The molecule has 7 nitrogen and oxygen atoms in total. The lowest BCUT2D eigenvalue weighted by Gasteiger charge is -2.12. The molecule has 0 fully saturated rings. The van der Waals surface area contributed by atoms with Gasteiger partial charge in [-0.25, -0.2) is 4.79 Å². The maximum atomic E-state index is 12.1. The van der Waals surface area contributed by atoms with Gasteiger partial charge in [-0.05, 0) is 25.1 Å². The lowest BCUT2D eigenvalue weighted by atomic mass is 10.2. The number of rotatable bonds is 7. The second kappa shape index (κ2) is 8.66. The first-order chi connectivity index (χ1) is 12.8. The molecule has 1 aromatic heterocycles. The third-order valence-electron chi connectivity index (χ3n) is 3.83. The van der Waals surface area contributed by atoms with Gasteiger partial charge in [-0.2, -0.15) is 0 Å². The number of para-hydroxylation sites is 2. The highest BCUT2D eigenvalue weighted by atomic mass is 16.5. The number of nitrogens with zero attached hydrogens (tertiary/aromatic N) is 3. The molecular weight excluding hydrogens is 330 g/mol. The van der Waals surface area contributed by atoms with Crippen LogP contribution >= 0.6 is 0 Å². The van der Waals surface area contributed by atoms with Crippen LogP contribution in [0.2, 0.25) is 0 Å². The summed E-state index contributed by atoms with van der Waals surface area (Å²) in [5.41, 5.74) is 0.892. The van der Waals surface area contributed by atoms with Crippen molar-refractivity contribution in [2.75, 3.05) is 0 Å². The number of carbonyl (C=O) groups is 1. The molecule has 3 aromatic rings. The zero-order valence-corrected chi connectivity index (χ0v) is 14.6. The van der Waals surface area contributed by atoms with Crippen LogP contribution in [-0.4, -0.2) is 20.8 Å². The van der Waals surface area contributed by atoms with Crippen molar-refractivity contribution in [1.29, 1.82) is 0 Å². The van der Waals surface area contributed by atoms with Crippen molar-refractivity contribution in [3.05, 3.63) is 72.3 Å². The Bertz CT molecular complexity index is 848. The van der Waals surface area contributed by atoms with Crippen LogP contribution in [0.1, 0.15) is 18.3 Å². The van der Waals surface area contributed by atoms with Gasteiger partial charge in [0.05, 0.1) is 6.54 Å². The number of hydrogen-bond acceptors (Lipinski definition) is 4. The van der Waals surface area contributed by atoms with E-state index in [2.05, 4.69) is 20.8 Å². The van der Waals surface area contributed by atoms with E-state index in [-0.39, 0.29) is 6.03 Å². The summed E-state index contributed by atoms with van der Waals surface area (Å²) >= 11 is 0. The predicted molar refractivity (Wildman–Crippen MR) is 97.7 cm³/mol. The highest BCUT2D eigenvalue weighted by Gasteiger charge is 2.08. The van der Waals surface area contributed by atoms with Gasteiger partial charge >= 0.3 is 6.03 Å². The first-order valence-corrected chi connectivity index (χ1v) is 8.45. The van der Waals surface area contributed by atoms with E-state index in [0.29, 0.717) is 18.8 Å². The summed E-state index contributed by atoms with van der Waals surface area (Å²) in [4.78, 5) is 12.1. The van der Waals surface area contributed by atoms with E-state index >= 15 is 0 Å². The first-order valence-electron chi connectivity index (χ1n) is 8.45. The summed E-state index contributed by atoms with van der Waals surface area (Å²) in [7, 11) is 0. The highest BCUT2D eigenvalue weighted by Crippen LogP contribution is 2.24. The van der Waals surface area contributed by atoms with E-state index in [0.717, 1.165) is 23.7 Å². The molecule has 0 atom stereocenters. The minimum Gasteiger partial charge on any atom is -0.457 e. The molecule has 0 aliphatic heterocycles. The third-order valence-corrected chi connectivity index (χ3v) is 3.83. The zero-order chi connectivity index (χ0) is 18.2.